The minimum Gasteiger partial charge on any atom is -0.363 e. The molecule has 13 heteroatoms. The zero-order valence-electron chi connectivity index (χ0n) is 31.6. The molecule has 2 heterocycles. The summed E-state index contributed by atoms with van der Waals surface area (Å²) in [7, 11) is 0. The second-order valence-corrected chi connectivity index (χ2v) is 15.3. The van der Waals surface area contributed by atoms with Crippen LogP contribution in [-0.2, 0) is 37.1 Å². The Hall–Kier alpha value is -3.45. The summed E-state index contributed by atoms with van der Waals surface area (Å²) in [5.41, 5.74) is 6.51. The van der Waals surface area contributed by atoms with Crippen molar-refractivity contribution in [2.45, 2.75) is 138 Å². The van der Waals surface area contributed by atoms with Crippen LogP contribution in [0.25, 0.3) is 0 Å². The van der Waals surface area contributed by atoms with E-state index in [2.05, 4.69) is 62.8 Å². The van der Waals surface area contributed by atoms with Crippen LogP contribution in [0.3, 0.4) is 0 Å². The van der Waals surface area contributed by atoms with Crippen molar-refractivity contribution in [3.05, 3.63) is 35.4 Å². The lowest BCUT2D eigenvalue weighted by atomic mass is 9.85. The molecule has 12 nitrogen and oxygen atoms in total. The number of Topliss-reactive ketones (excluding diaryl/α,β-unsaturated/α-hetero) is 1. The molecule has 0 aromatic heterocycles. The highest BCUT2D eigenvalue weighted by Gasteiger charge is 2.40. The maximum absolute atomic E-state index is 13.1. The largest absolute Gasteiger partial charge is 0.363 e. The smallest absolute Gasteiger partial charge is 0.316 e. The first-order valence-corrected chi connectivity index (χ1v) is 18.3. The Morgan fingerprint density at radius 1 is 0.940 bits per heavy atom. The van der Waals surface area contributed by atoms with Gasteiger partial charge in [0.15, 0.2) is 0 Å². The average Bonchev–Trinajstić information content (AvgIpc) is 3.55. The molecule has 5 N–H and O–H groups in total. The lowest BCUT2D eigenvalue weighted by Crippen LogP contribution is -2.59. The van der Waals surface area contributed by atoms with Gasteiger partial charge in [-0.15, -0.1) is 0 Å². The van der Waals surface area contributed by atoms with Gasteiger partial charge in [0, 0.05) is 19.6 Å². The first-order valence-electron chi connectivity index (χ1n) is 17.8. The fourth-order valence-corrected chi connectivity index (χ4v) is 5.52. The molecule has 1 aromatic carbocycles. The monoisotopic (exact) mass is 718 g/mol. The third kappa shape index (κ3) is 15.2. The van der Waals surface area contributed by atoms with Crippen molar-refractivity contribution in [1.82, 2.24) is 25.2 Å². The fourth-order valence-electron chi connectivity index (χ4n) is 5.29. The van der Waals surface area contributed by atoms with Crippen molar-refractivity contribution < 1.29 is 28.8 Å². The summed E-state index contributed by atoms with van der Waals surface area (Å²) in [5.74, 6) is -0.506. The van der Waals surface area contributed by atoms with Crippen LogP contribution >= 0.6 is 12.8 Å². The highest BCUT2D eigenvalue weighted by atomic mass is 32.1. The standard InChI is InChI=1S/C23H32N4O4.C7H12N2O2S.C4H10.C3H8/c1-15(20(29)26-12-16-8-5-6-9-17(16)13-26)24-22(31)25-19(23(2,3)4)21(30)27-11-7-10-18(27)14-28;8-7(11)6(10)5(9-12)3-4-1-2-4;1-4(2)3;1-3-2/h5-6,8-9,14-15,18-19H,7,10-13H2,1-4H3,(H2,24,25,31);4-5,9,12H,1-3H2,(H2,8,11);4H,1-3H3;3H2,1-2H3. The number of hydrogen-bond acceptors (Lipinski definition) is 8. The van der Waals surface area contributed by atoms with Gasteiger partial charge in [-0.25, -0.2) is 4.79 Å². The number of primary amides is 1. The number of nitrogens with zero attached hydrogens (tertiary/aromatic N) is 2. The van der Waals surface area contributed by atoms with Crippen LogP contribution in [0.2, 0.25) is 0 Å². The number of thiol groups is 1. The summed E-state index contributed by atoms with van der Waals surface area (Å²) in [4.78, 5) is 74.7. The first-order chi connectivity index (χ1) is 23.4. The molecule has 4 rings (SSSR count). The van der Waals surface area contributed by atoms with Crippen LogP contribution in [0.4, 0.5) is 4.79 Å². The Labute approximate surface area is 305 Å². The molecule has 2 aliphatic heterocycles. The third-order valence-electron chi connectivity index (χ3n) is 7.98. The van der Waals surface area contributed by atoms with Crippen LogP contribution < -0.4 is 21.1 Å². The molecular weight excluding hydrogens is 657 g/mol. The topological polar surface area (TPSA) is 171 Å². The van der Waals surface area contributed by atoms with Crippen molar-refractivity contribution in [2.75, 3.05) is 6.54 Å². The van der Waals surface area contributed by atoms with Crippen molar-refractivity contribution in [1.29, 1.82) is 0 Å². The van der Waals surface area contributed by atoms with Crippen molar-refractivity contribution in [2.24, 2.45) is 23.0 Å². The summed E-state index contributed by atoms with van der Waals surface area (Å²) in [6.45, 7) is 19.5. The summed E-state index contributed by atoms with van der Waals surface area (Å²) < 4.78 is 2.50. The lowest BCUT2D eigenvalue weighted by Gasteiger charge is -2.35. The number of hydrogen-bond donors (Lipinski definition) is 5. The van der Waals surface area contributed by atoms with Gasteiger partial charge < -0.3 is 31.0 Å². The molecule has 1 saturated heterocycles. The van der Waals surface area contributed by atoms with Crippen LogP contribution in [0, 0.1) is 17.3 Å². The van der Waals surface area contributed by atoms with E-state index in [1.165, 1.54) is 6.42 Å². The van der Waals surface area contributed by atoms with Crippen molar-refractivity contribution >= 4 is 48.6 Å². The highest BCUT2D eigenvalue weighted by molar-refractivity contribution is 7.78. The van der Waals surface area contributed by atoms with E-state index in [1.807, 2.05) is 45.0 Å². The van der Waals surface area contributed by atoms with Gasteiger partial charge in [0.2, 0.25) is 17.6 Å². The van der Waals surface area contributed by atoms with Crippen LogP contribution in [0.15, 0.2) is 24.3 Å². The zero-order valence-corrected chi connectivity index (χ0v) is 32.5. The van der Waals surface area contributed by atoms with E-state index in [0.29, 0.717) is 38.4 Å². The Kier molecular flexibility index (Phi) is 19.3. The number of fused-ring (bicyclic) bond motifs is 1. The van der Waals surface area contributed by atoms with Gasteiger partial charge in [-0.3, -0.25) is 23.9 Å². The third-order valence-corrected chi connectivity index (χ3v) is 8.29. The number of nitrogens with two attached hydrogens (primary N) is 1. The number of rotatable bonds is 10. The van der Waals surface area contributed by atoms with Gasteiger partial charge >= 0.3 is 6.03 Å². The molecule has 3 aliphatic rings. The average molecular weight is 719 g/mol. The zero-order chi connectivity index (χ0) is 38.2. The van der Waals surface area contributed by atoms with E-state index in [1.54, 1.807) is 16.7 Å². The molecule has 1 saturated carbocycles. The maximum Gasteiger partial charge on any atom is 0.316 e. The van der Waals surface area contributed by atoms with E-state index in [0.717, 1.165) is 42.6 Å². The molecule has 4 atom stereocenters. The molecule has 282 valence electrons. The number of likely N-dealkylation sites (tertiary alicyclic amines) is 1. The molecule has 50 heavy (non-hydrogen) atoms. The quantitative estimate of drug-likeness (QED) is 0.134. The van der Waals surface area contributed by atoms with Crippen LogP contribution in [0.1, 0.15) is 112 Å². The predicted octanol–water partition coefficient (Wildman–Crippen LogP) is 4.54. The Bertz CT molecular complexity index is 1250. The molecular formula is C37H62N6O6S. The summed E-state index contributed by atoms with van der Waals surface area (Å²) in [6.07, 6.45) is 6.39. The van der Waals surface area contributed by atoms with Gasteiger partial charge in [-0.05, 0) is 54.6 Å². The Balaban J connectivity index is 0.000000540. The molecule has 2 fully saturated rings. The summed E-state index contributed by atoms with van der Waals surface area (Å²) in [6, 6.07) is 4.81. The van der Waals surface area contributed by atoms with Gasteiger partial charge in [0.25, 0.3) is 5.91 Å². The molecule has 1 aliphatic carbocycles. The van der Waals surface area contributed by atoms with E-state index >= 15 is 0 Å². The second kappa shape index (κ2) is 21.7. The van der Waals surface area contributed by atoms with Crippen molar-refractivity contribution in [3.63, 3.8) is 0 Å². The SMILES string of the molecule is CC(C)C.CC(NC(=O)NC(C(=O)N1CCCC1C=O)C(C)(C)C)C(=O)N1Cc2ccccc2C1.CCC.NC(=O)C(=O)C(CC1CC1)NS. The molecule has 0 bridgehead atoms. The van der Waals surface area contributed by atoms with Crippen LogP contribution in [0.5, 0.6) is 0 Å². The number of aldehydes is 1. The number of nitrogens with one attached hydrogen (secondary N) is 3. The normalized spacial score (nSPS) is 18.0. The number of amides is 5. The Morgan fingerprint density at radius 3 is 1.88 bits per heavy atom. The van der Waals surface area contributed by atoms with Crippen LogP contribution in [-0.4, -0.2) is 76.3 Å². The summed E-state index contributed by atoms with van der Waals surface area (Å²) >= 11 is 3.77. The Morgan fingerprint density at radius 2 is 1.46 bits per heavy atom. The van der Waals surface area contributed by atoms with Gasteiger partial charge in [0.1, 0.15) is 18.4 Å². The minimum absolute atomic E-state index is 0.175. The van der Waals surface area contributed by atoms with Gasteiger partial charge in [0.05, 0.1) is 12.1 Å². The molecule has 0 radical (unpaired) electrons. The molecule has 5 amide bonds. The van der Waals surface area contributed by atoms with Crippen molar-refractivity contribution in [3.8, 4) is 0 Å². The van der Waals surface area contributed by atoms with E-state index in [4.69, 9.17) is 5.73 Å². The summed E-state index contributed by atoms with van der Waals surface area (Å²) in [5, 5.41) is 5.42. The lowest BCUT2D eigenvalue weighted by molar-refractivity contribution is -0.138. The van der Waals surface area contributed by atoms with E-state index < -0.39 is 47.3 Å². The molecule has 0 spiro atoms. The predicted molar refractivity (Wildman–Crippen MR) is 200 cm³/mol. The number of benzene rings is 1. The minimum atomic E-state index is -0.887. The van der Waals surface area contributed by atoms with E-state index in [9.17, 15) is 28.8 Å². The number of carbonyl (C=O) groups excluding carboxylic acids is 6. The number of urea groups is 1. The number of ketones is 1. The molecule has 4 unspecified atom stereocenters. The van der Waals surface area contributed by atoms with Gasteiger partial charge in [-0.2, -0.15) is 0 Å². The van der Waals surface area contributed by atoms with E-state index in [-0.39, 0.29) is 11.8 Å². The second-order valence-electron chi connectivity index (χ2n) is 15.0. The molecule has 1 aromatic rings. The maximum atomic E-state index is 13.1. The first kappa shape index (κ1) is 44.6. The fraction of sp³-hybridized carbons (Fsp3) is 0.676. The number of carbonyl (C=O) groups is 6. The highest BCUT2D eigenvalue weighted by Crippen LogP contribution is 2.33. The van der Waals surface area contributed by atoms with Gasteiger partial charge in [-0.1, -0.05) is 112 Å².